The van der Waals surface area contributed by atoms with E-state index in [1.54, 1.807) is 23.1 Å². The van der Waals surface area contributed by atoms with Crippen LogP contribution in [0.3, 0.4) is 0 Å². The Hall–Kier alpha value is -2.95. The van der Waals surface area contributed by atoms with Crippen LogP contribution in [0.4, 0.5) is 4.39 Å². The minimum absolute atomic E-state index is 0.0958. The van der Waals surface area contributed by atoms with Crippen LogP contribution in [0.1, 0.15) is 30.9 Å². The van der Waals surface area contributed by atoms with Gasteiger partial charge in [-0.25, -0.2) is 4.39 Å². The van der Waals surface area contributed by atoms with Crippen LogP contribution < -0.4 is 5.32 Å². The normalized spacial score (nSPS) is 11.5. The summed E-state index contributed by atoms with van der Waals surface area (Å²) < 4.78 is 13.3. The summed E-state index contributed by atoms with van der Waals surface area (Å²) in [6, 6.07) is 15.0. The Balaban J connectivity index is 2.33. The van der Waals surface area contributed by atoms with Crippen molar-refractivity contribution in [1.29, 1.82) is 0 Å². The zero-order chi connectivity index (χ0) is 20.4. The lowest BCUT2D eigenvalue weighted by atomic mass is 10.0. The third-order valence-electron chi connectivity index (χ3n) is 4.42. The molecule has 2 aromatic rings. The maximum absolute atomic E-state index is 13.3. The Bertz CT molecular complexity index is 775. The van der Waals surface area contributed by atoms with E-state index in [-0.39, 0.29) is 24.2 Å². The molecule has 0 heterocycles. The predicted octanol–water partition coefficient (Wildman–Crippen LogP) is 3.87. The first-order valence-corrected chi connectivity index (χ1v) is 9.51. The molecule has 0 saturated carbocycles. The Morgan fingerprint density at radius 2 is 1.79 bits per heavy atom. The number of nitrogens with zero attached hydrogens (tertiary/aromatic N) is 1. The zero-order valence-corrected chi connectivity index (χ0v) is 16.2. The predicted molar refractivity (Wildman–Crippen MR) is 109 cm³/mol. The van der Waals surface area contributed by atoms with E-state index in [1.807, 2.05) is 37.3 Å². The van der Waals surface area contributed by atoms with Gasteiger partial charge in [0.15, 0.2) is 0 Å². The van der Waals surface area contributed by atoms with Gasteiger partial charge in [0.2, 0.25) is 11.8 Å². The van der Waals surface area contributed by atoms with Gasteiger partial charge in [-0.3, -0.25) is 9.59 Å². The van der Waals surface area contributed by atoms with Crippen LogP contribution in [0, 0.1) is 5.82 Å². The number of hydrogen-bond acceptors (Lipinski definition) is 2. The van der Waals surface area contributed by atoms with Gasteiger partial charge in [-0.15, -0.1) is 6.58 Å². The fourth-order valence-electron chi connectivity index (χ4n) is 2.99. The largest absolute Gasteiger partial charge is 0.351 e. The van der Waals surface area contributed by atoms with E-state index in [2.05, 4.69) is 11.9 Å². The highest BCUT2D eigenvalue weighted by atomic mass is 19.1. The van der Waals surface area contributed by atoms with Gasteiger partial charge in [-0.1, -0.05) is 55.5 Å². The first-order valence-electron chi connectivity index (χ1n) is 9.51. The van der Waals surface area contributed by atoms with E-state index >= 15 is 0 Å². The SMILES string of the molecule is C=CCNC(=O)[C@H](Cc1ccccc1)N(Cc1ccc(F)cc1)C(=O)CCC. The smallest absolute Gasteiger partial charge is 0.243 e. The van der Waals surface area contributed by atoms with E-state index < -0.39 is 6.04 Å². The van der Waals surface area contributed by atoms with Crippen molar-refractivity contribution in [3.8, 4) is 0 Å². The second-order valence-corrected chi connectivity index (χ2v) is 6.64. The van der Waals surface area contributed by atoms with Crippen molar-refractivity contribution < 1.29 is 14.0 Å². The molecule has 4 nitrogen and oxygen atoms in total. The molecule has 2 rings (SSSR count). The van der Waals surface area contributed by atoms with Gasteiger partial charge in [0, 0.05) is 25.9 Å². The van der Waals surface area contributed by atoms with Gasteiger partial charge < -0.3 is 10.2 Å². The third kappa shape index (κ3) is 6.34. The van der Waals surface area contributed by atoms with Crippen molar-refractivity contribution in [2.45, 2.75) is 38.8 Å². The Morgan fingerprint density at radius 3 is 2.39 bits per heavy atom. The highest BCUT2D eigenvalue weighted by Gasteiger charge is 2.29. The van der Waals surface area contributed by atoms with Crippen LogP contribution in [-0.4, -0.2) is 29.3 Å². The summed E-state index contributed by atoms with van der Waals surface area (Å²) in [5, 5.41) is 2.81. The molecule has 0 aliphatic rings. The first kappa shape index (κ1) is 21.4. The number of nitrogens with one attached hydrogen (secondary N) is 1. The van der Waals surface area contributed by atoms with Crippen molar-refractivity contribution in [3.05, 3.63) is 84.2 Å². The summed E-state index contributed by atoms with van der Waals surface area (Å²) in [6.45, 7) is 6.14. The quantitative estimate of drug-likeness (QED) is 0.634. The third-order valence-corrected chi connectivity index (χ3v) is 4.42. The van der Waals surface area contributed by atoms with Crippen LogP contribution in [0.25, 0.3) is 0 Å². The second-order valence-electron chi connectivity index (χ2n) is 6.64. The Morgan fingerprint density at radius 1 is 1.11 bits per heavy atom. The molecule has 0 aliphatic heterocycles. The molecule has 1 atom stereocenters. The molecule has 148 valence electrons. The molecular weight excluding hydrogens is 355 g/mol. The average Bonchev–Trinajstić information content (AvgIpc) is 2.71. The summed E-state index contributed by atoms with van der Waals surface area (Å²) in [5.41, 5.74) is 1.75. The van der Waals surface area contributed by atoms with Crippen molar-refractivity contribution >= 4 is 11.8 Å². The number of hydrogen-bond donors (Lipinski definition) is 1. The summed E-state index contributed by atoms with van der Waals surface area (Å²) in [7, 11) is 0. The minimum atomic E-state index is -0.661. The lowest BCUT2D eigenvalue weighted by Gasteiger charge is -2.31. The number of carbonyl (C=O) groups excluding carboxylic acids is 2. The number of carbonyl (C=O) groups is 2. The molecule has 0 aromatic heterocycles. The van der Waals surface area contributed by atoms with Crippen molar-refractivity contribution in [1.82, 2.24) is 10.2 Å². The van der Waals surface area contributed by atoms with Crippen LogP contribution in [0.15, 0.2) is 67.3 Å². The van der Waals surface area contributed by atoms with Crippen LogP contribution in [0.2, 0.25) is 0 Å². The first-order chi connectivity index (χ1) is 13.5. The Kier molecular flexibility index (Phi) is 8.40. The number of halogens is 1. The van der Waals surface area contributed by atoms with Gasteiger partial charge >= 0.3 is 0 Å². The van der Waals surface area contributed by atoms with Gasteiger partial charge in [-0.2, -0.15) is 0 Å². The van der Waals surface area contributed by atoms with E-state index in [9.17, 15) is 14.0 Å². The van der Waals surface area contributed by atoms with Gasteiger partial charge in [0.25, 0.3) is 0 Å². The van der Waals surface area contributed by atoms with Crippen LogP contribution in [0.5, 0.6) is 0 Å². The number of benzene rings is 2. The average molecular weight is 382 g/mol. The maximum Gasteiger partial charge on any atom is 0.243 e. The second kappa shape index (κ2) is 11.0. The van der Waals surface area contributed by atoms with E-state index in [0.29, 0.717) is 25.8 Å². The summed E-state index contributed by atoms with van der Waals surface area (Å²) in [4.78, 5) is 27.4. The van der Waals surface area contributed by atoms with Crippen LogP contribution in [-0.2, 0) is 22.6 Å². The van der Waals surface area contributed by atoms with Gasteiger partial charge in [0.1, 0.15) is 11.9 Å². The lowest BCUT2D eigenvalue weighted by Crippen LogP contribution is -2.50. The molecule has 5 heteroatoms. The molecule has 0 fully saturated rings. The molecule has 0 spiro atoms. The topological polar surface area (TPSA) is 49.4 Å². The molecule has 2 amide bonds. The van der Waals surface area contributed by atoms with Gasteiger partial charge in [0.05, 0.1) is 0 Å². The highest BCUT2D eigenvalue weighted by Crippen LogP contribution is 2.16. The lowest BCUT2D eigenvalue weighted by molar-refractivity contribution is -0.141. The van der Waals surface area contributed by atoms with Crippen molar-refractivity contribution in [2.24, 2.45) is 0 Å². The zero-order valence-electron chi connectivity index (χ0n) is 16.2. The standard InChI is InChI=1S/C23H27FN2O2/c1-3-8-22(27)26(17-19-11-13-20(24)14-12-19)21(23(28)25-15-4-2)16-18-9-6-5-7-10-18/h4-7,9-14,21H,2-3,8,15-17H2,1H3,(H,25,28)/t21-/m0/s1. The van der Waals surface area contributed by atoms with E-state index in [0.717, 1.165) is 11.1 Å². The summed E-state index contributed by atoms with van der Waals surface area (Å²) in [6.07, 6.45) is 3.04. The highest BCUT2D eigenvalue weighted by molar-refractivity contribution is 5.88. The molecule has 0 bridgehead atoms. The van der Waals surface area contributed by atoms with Crippen molar-refractivity contribution in [3.63, 3.8) is 0 Å². The Labute approximate surface area is 166 Å². The van der Waals surface area contributed by atoms with E-state index in [4.69, 9.17) is 0 Å². The molecule has 1 N–H and O–H groups in total. The number of rotatable bonds is 10. The molecule has 28 heavy (non-hydrogen) atoms. The van der Waals surface area contributed by atoms with E-state index in [1.165, 1.54) is 12.1 Å². The monoisotopic (exact) mass is 382 g/mol. The molecule has 0 radical (unpaired) electrons. The number of amides is 2. The molecular formula is C23H27FN2O2. The summed E-state index contributed by atoms with van der Waals surface area (Å²) >= 11 is 0. The molecule has 2 aromatic carbocycles. The minimum Gasteiger partial charge on any atom is -0.351 e. The molecule has 0 aliphatic carbocycles. The summed E-state index contributed by atoms with van der Waals surface area (Å²) in [5.74, 6) is -0.656. The van der Waals surface area contributed by atoms with Crippen molar-refractivity contribution in [2.75, 3.05) is 6.54 Å². The van der Waals surface area contributed by atoms with Gasteiger partial charge in [-0.05, 0) is 29.7 Å². The molecule has 0 saturated heterocycles. The molecule has 0 unspecified atom stereocenters. The fourth-order valence-corrected chi connectivity index (χ4v) is 2.99. The van der Waals surface area contributed by atoms with Crippen LogP contribution >= 0.6 is 0 Å². The fraction of sp³-hybridized carbons (Fsp3) is 0.304. The maximum atomic E-state index is 13.3.